The second-order valence-corrected chi connectivity index (χ2v) is 13.9. The first-order valence-electron chi connectivity index (χ1n) is 19.0. The Kier molecular flexibility index (Phi) is 28.7. The molecule has 300 valence electrons. The van der Waals surface area contributed by atoms with E-state index in [9.17, 15) is 28.5 Å². The van der Waals surface area contributed by atoms with Gasteiger partial charge < -0.3 is 34.3 Å². The van der Waals surface area contributed by atoms with E-state index in [1.165, 1.54) is 44.9 Å². The third kappa shape index (κ3) is 24.9. The largest absolute Gasteiger partial charge is 0.457 e. The number of unbranched alkanes of at least 4 members (excludes halogenated alkanes) is 9. The second kappa shape index (κ2) is 31.2. The monoisotopic (exact) mass is 758 g/mol. The van der Waals surface area contributed by atoms with E-state index < -0.39 is 59.8 Å². The molecule has 6 unspecified atom stereocenters. The van der Waals surface area contributed by atoms with Crippen LogP contribution in [0.1, 0.15) is 117 Å². The molecule has 1 aliphatic rings. The molecule has 0 aromatic rings. The molecular formula is C39H66O12S. The summed E-state index contributed by atoms with van der Waals surface area (Å²) in [5.74, 6) is -0.529. The predicted octanol–water partition coefficient (Wildman–Crippen LogP) is 6.62. The molecule has 0 aromatic carbocycles. The first-order valence-corrected chi connectivity index (χ1v) is 20.4. The number of esters is 1. The standard InChI is InChI=1S/C39H66O12S/c1-3-5-7-9-11-13-15-16-17-18-19-20-22-24-26-28-35(41)49-33(31-47-29-27-25-23-21-14-12-10-8-6-4-2)32-48-39-37(43)38(51-52(44,45)46)36(42)34(30-40)50-39/h5,7,11,13,16-17,19-20,24,26,33-34,36-40,42-43H,3-4,6,8-10,12,14-15,18,21-23,25,27-32H2,1-2H3,(H,44,45,46)/b7-5-,13-11-,17-16-,20-19-,26-24-. The molecule has 1 aliphatic heterocycles. The van der Waals surface area contributed by atoms with Crippen LogP contribution >= 0.6 is 0 Å². The molecular weight excluding hydrogens is 692 g/mol. The molecule has 0 bridgehead atoms. The average Bonchev–Trinajstić information content (AvgIpc) is 3.11. The molecule has 1 saturated heterocycles. The SMILES string of the molecule is CC/C=C\C/C=C\C/C=C\C/C=C\C/C=C\CC(=O)OC(COCCCCCCCCCCCC)COC1OC(CO)C(O)C(OS(=O)(=O)O)C1O. The minimum Gasteiger partial charge on any atom is -0.457 e. The third-order valence-corrected chi connectivity index (χ3v) is 8.65. The van der Waals surface area contributed by atoms with Gasteiger partial charge in [-0.05, 0) is 38.5 Å². The Bertz CT molecular complexity index is 1150. The van der Waals surface area contributed by atoms with Crippen molar-refractivity contribution in [1.82, 2.24) is 0 Å². The Hall–Kier alpha value is -2.20. The number of rotatable bonds is 31. The van der Waals surface area contributed by atoms with E-state index in [0.717, 1.165) is 44.9 Å². The highest BCUT2D eigenvalue weighted by atomic mass is 32.3. The summed E-state index contributed by atoms with van der Waals surface area (Å²) in [6.45, 7) is 3.70. The number of hydrogen-bond acceptors (Lipinski definition) is 11. The van der Waals surface area contributed by atoms with Crippen molar-refractivity contribution in [3.05, 3.63) is 60.8 Å². The van der Waals surface area contributed by atoms with Gasteiger partial charge in [0.1, 0.15) is 30.5 Å². The lowest BCUT2D eigenvalue weighted by Crippen LogP contribution is -2.60. The van der Waals surface area contributed by atoms with E-state index in [4.69, 9.17) is 23.5 Å². The van der Waals surface area contributed by atoms with Gasteiger partial charge in [-0.25, -0.2) is 4.18 Å². The van der Waals surface area contributed by atoms with E-state index in [0.29, 0.717) is 13.0 Å². The lowest BCUT2D eigenvalue weighted by molar-refractivity contribution is -0.301. The van der Waals surface area contributed by atoms with Gasteiger partial charge in [-0.3, -0.25) is 9.35 Å². The summed E-state index contributed by atoms with van der Waals surface area (Å²) in [7, 11) is -5.07. The normalized spacial score (nSPS) is 22.2. The maximum absolute atomic E-state index is 12.7. The highest BCUT2D eigenvalue weighted by molar-refractivity contribution is 7.80. The summed E-state index contributed by atoms with van der Waals surface area (Å²) in [5.41, 5.74) is 0. The molecule has 12 nitrogen and oxygen atoms in total. The molecule has 0 saturated carbocycles. The topological polar surface area (TPSA) is 178 Å². The van der Waals surface area contributed by atoms with Gasteiger partial charge in [0.05, 0.1) is 26.2 Å². The van der Waals surface area contributed by atoms with Gasteiger partial charge in [0.15, 0.2) is 6.29 Å². The number of aliphatic hydroxyl groups excluding tert-OH is 3. The molecule has 0 amide bonds. The Morgan fingerprint density at radius 3 is 1.77 bits per heavy atom. The molecule has 0 aromatic heterocycles. The maximum Gasteiger partial charge on any atom is 0.397 e. The summed E-state index contributed by atoms with van der Waals surface area (Å²) < 4.78 is 58.6. The molecule has 6 atom stereocenters. The minimum atomic E-state index is -5.07. The van der Waals surface area contributed by atoms with Gasteiger partial charge in [-0.2, -0.15) is 8.42 Å². The first-order chi connectivity index (χ1) is 25.1. The first kappa shape index (κ1) is 47.8. The number of carbonyl (C=O) groups is 1. The Morgan fingerprint density at radius 1 is 0.731 bits per heavy atom. The van der Waals surface area contributed by atoms with Crippen molar-refractivity contribution >= 4 is 16.4 Å². The van der Waals surface area contributed by atoms with Crippen LogP contribution < -0.4 is 0 Å². The van der Waals surface area contributed by atoms with E-state index in [1.54, 1.807) is 6.08 Å². The van der Waals surface area contributed by atoms with Crippen LogP contribution in [-0.4, -0.2) is 97.5 Å². The second-order valence-electron chi connectivity index (χ2n) is 12.8. The number of allylic oxidation sites excluding steroid dienone is 9. The van der Waals surface area contributed by atoms with Crippen molar-refractivity contribution in [1.29, 1.82) is 0 Å². The van der Waals surface area contributed by atoms with Crippen molar-refractivity contribution in [3.8, 4) is 0 Å². The maximum atomic E-state index is 12.7. The third-order valence-electron chi connectivity index (χ3n) is 8.19. The van der Waals surface area contributed by atoms with Crippen LogP contribution in [0.15, 0.2) is 60.8 Å². The van der Waals surface area contributed by atoms with Gasteiger partial charge in [0, 0.05) is 6.61 Å². The lowest BCUT2D eigenvalue weighted by Gasteiger charge is -2.41. The molecule has 1 heterocycles. The molecule has 52 heavy (non-hydrogen) atoms. The number of hydrogen-bond donors (Lipinski definition) is 4. The van der Waals surface area contributed by atoms with Gasteiger partial charge >= 0.3 is 16.4 Å². The number of aliphatic hydroxyl groups is 3. The van der Waals surface area contributed by atoms with Crippen molar-refractivity contribution in [2.75, 3.05) is 26.4 Å². The zero-order chi connectivity index (χ0) is 38.3. The van der Waals surface area contributed by atoms with Gasteiger partial charge in [0.25, 0.3) is 0 Å². The Labute approximate surface area is 312 Å². The van der Waals surface area contributed by atoms with E-state index in [-0.39, 0.29) is 19.6 Å². The molecule has 4 N–H and O–H groups in total. The van der Waals surface area contributed by atoms with Crippen LogP contribution in [0.25, 0.3) is 0 Å². The fourth-order valence-corrected chi connectivity index (χ4v) is 5.84. The number of ether oxygens (including phenoxy) is 4. The predicted molar refractivity (Wildman–Crippen MR) is 202 cm³/mol. The van der Waals surface area contributed by atoms with Gasteiger partial charge in [-0.1, -0.05) is 132 Å². The molecule has 0 spiro atoms. The molecule has 1 fully saturated rings. The fraction of sp³-hybridized carbons (Fsp3) is 0.718. The van der Waals surface area contributed by atoms with Crippen molar-refractivity contribution in [2.45, 2.75) is 153 Å². The van der Waals surface area contributed by atoms with Gasteiger partial charge in [-0.15, -0.1) is 0 Å². The summed E-state index contributed by atoms with van der Waals surface area (Å²) in [5, 5.41) is 30.5. The zero-order valence-corrected chi connectivity index (χ0v) is 32.2. The molecule has 1 rings (SSSR count). The number of carbonyl (C=O) groups excluding carboxylic acids is 1. The van der Waals surface area contributed by atoms with E-state index >= 15 is 0 Å². The summed E-state index contributed by atoms with van der Waals surface area (Å²) in [6.07, 6.45) is 27.3. The molecule has 13 heteroatoms. The summed E-state index contributed by atoms with van der Waals surface area (Å²) >= 11 is 0. The van der Waals surface area contributed by atoms with Crippen LogP contribution in [0.5, 0.6) is 0 Å². The zero-order valence-electron chi connectivity index (χ0n) is 31.3. The smallest absolute Gasteiger partial charge is 0.397 e. The van der Waals surface area contributed by atoms with Crippen molar-refractivity contribution in [3.63, 3.8) is 0 Å². The molecule has 0 aliphatic carbocycles. The minimum absolute atomic E-state index is 0.00531. The van der Waals surface area contributed by atoms with Gasteiger partial charge in [0.2, 0.25) is 0 Å². The van der Waals surface area contributed by atoms with Crippen LogP contribution in [-0.2, 0) is 38.3 Å². The van der Waals surface area contributed by atoms with Crippen molar-refractivity contribution < 1.29 is 56.2 Å². The van der Waals surface area contributed by atoms with Crippen LogP contribution in [0, 0.1) is 0 Å². The highest BCUT2D eigenvalue weighted by Crippen LogP contribution is 2.26. The Balaban J connectivity index is 2.60. The van der Waals surface area contributed by atoms with E-state index in [1.807, 2.05) is 12.2 Å². The quantitative estimate of drug-likeness (QED) is 0.0258. The summed E-state index contributed by atoms with van der Waals surface area (Å²) in [4.78, 5) is 12.7. The summed E-state index contributed by atoms with van der Waals surface area (Å²) in [6, 6.07) is 0. The molecule has 0 radical (unpaired) electrons. The fourth-order valence-electron chi connectivity index (χ4n) is 5.33. The van der Waals surface area contributed by atoms with E-state index in [2.05, 4.69) is 60.6 Å². The highest BCUT2D eigenvalue weighted by Gasteiger charge is 2.48. The van der Waals surface area contributed by atoms with Crippen molar-refractivity contribution in [2.24, 2.45) is 0 Å². The van der Waals surface area contributed by atoms with Crippen LogP contribution in [0.3, 0.4) is 0 Å². The Morgan fingerprint density at radius 2 is 1.25 bits per heavy atom. The van der Waals surface area contributed by atoms with Crippen LogP contribution in [0.4, 0.5) is 0 Å². The average molecular weight is 759 g/mol. The van der Waals surface area contributed by atoms with Crippen LogP contribution in [0.2, 0.25) is 0 Å². The lowest BCUT2D eigenvalue weighted by atomic mass is 9.99.